The van der Waals surface area contributed by atoms with Gasteiger partial charge in [0.2, 0.25) is 0 Å². The number of hydrogen-bond donors (Lipinski definition) is 0. The van der Waals surface area contributed by atoms with Crippen molar-refractivity contribution in [3.05, 3.63) is 42.2 Å². The van der Waals surface area contributed by atoms with E-state index in [-0.39, 0.29) is 4.90 Å². The Balaban J connectivity index is 2.47. The number of benzene rings is 1. The molecule has 1 heterocycles. The Bertz CT molecular complexity index is 647. The molecule has 18 heavy (non-hydrogen) atoms. The quantitative estimate of drug-likeness (QED) is 0.846. The molecule has 0 atom stereocenters. The Hall–Kier alpha value is -1.82. The molecule has 0 N–H and O–H groups in total. The molecular formula is C12H15N3O2S. The molecule has 0 saturated heterocycles. The number of aryl methyl sites for hydroxylation is 2. The van der Waals surface area contributed by atoms with Gasteiger partial charge in [-0.3, -0.25) is 8.99 Å². The van der Waals surface area contributed by atoms with Crippen LogP contribution in [0.3, 0.4) is 0 Å². The molecule has 96 valence electrons. The van der Waals surface area contributed by atoms with Crippen LogP contribution in [-0.4, -0.2) is 25.2 Å². The van der Waals surface area contributed by atoms with Crippen molar-refractivity contribution in [3.63, 3.8) is 0 Å². The SMILES string of the molecule is Cc1nn(C)cc1S(=O)(=O)N(C)c1ccccc1. The van der Waals surface area contributed by atoms with Gasteiger partial charge in [0.1, 0.15) is 4.90 Å². The zero-order valence-electron chi connectivity index (χ0n) is 10.5. The minimum Gasteiger partial charge on any atom is -0.274 e. The predicted molar refractivity (Wildman–Crippen MR) is 70.0 cm³/mol. The standard InChI is InChI=1S/C12H15N3O2S/c1-10-12(9-14(2)13-10)18(16,17)15(3)11-7-5-4-6-8-11/h4-9H,1-3H3. The lowest BCUT2D eigenvalue weighted by Crippen LogP contribution is -2.26. The van der Waals surface area contributed by atoms with Gasteiger partial charge in [0.15, 0.2) is 0 Å². The Morgan fingerprint density at radius 2 is 1.83 bits per heavy atom. The van der Waals surface area contributed by atoms with Crippen LogP contribution < -0.4 is 4.31 Å². The lowest BCUT2D eigenvalue weighted by Gasteiger charge is -2.18. The normalized spacial score (nSPS) is 11.5. The summed E-state index contributed by atoms with van der Waals surface area (Å²) in [7, 11) is -0.310. The van der Waals surface area contributed by atoms with Gasteiger partial charge in [0, 0.05) is 20.3 Å². The van der Waals surface area contributed by atoms with E-state index in [0.29, 0.717) is 11.4 Å². The third-order valence-electron chi connectivity index (χ3n) is 2.73. The molecule has 1 aromatic carbocycles. The van der Waals surface area contributed by atoms with Gasteiger partial charge in [0.25, 0.3) is 10.0 Å². The highest BCUT2D eigenvalue weighted by molar-refractivity contribution is 7.92. The Kier molecular flexibility index (Phi) is 3.13. The maximum Gasteiger partial charge on any atom is 0.267 e. The fourth-order valence-electron chi connectivity index (χ4n) is 1.76. The van der Waals surface area contributed by atoms with Gasteiger partial charge in [-0.2, -0.15) is 5.10 Å². The number of sulfonamides is 1. The van der Waals surface area contributed by atoms with Gasteiger partial charge in [0.05, 0.1) is 11.4 Å². The monoisotopic (exact) mass is 265 g/mol. The second kappa shape index (κ2) is 4.45. The highest BCUT2D eigenvalue weighted by Crippen LogP contribution is 2.22. The minimum absolute atomic E-state index is 0.233. The van der Waals surface area contributed by atoms with Gasteiger partial charge in [-0.15, -0.1) is 0 Å². The first-order valence-corrected chi connectivity index (χ1v) is 6.91. The molecule has 0 aliphatic carbocycles. The van der Waals surface area contributed by atoms with Crippen LogP contribution in [0.15, 0.2) is 41.4 Å². The van der Waals surface area contributed by atoms with Crippen LogP contribution in [-0.2, 0) is 17.1 Å². The molecule has 0 spiro atoms. The number of nitrogens with zero attached hydrogens (tertiary/aromatic N) is 3. The summed E-state index contributed by atoms with van der Waals surface area (Å²) < 4.78 is 27.6. The predicted octanol–water partition coefficient (Wildman–Crippen LogP) is 1.55. The summed E-state index contributed by atoms with van der Waals surface area (Å²) in [5.41, 5.74) is 1.13. The van der Waals surface area contributed by atoms with Crippen molar-refractivity contribution in [2.75, 3.05) is 11.4 Å². The molecule has 0 amide bonds. The first-order chi connectivity index (χ1) is 8.43. The molecule has 1 aromatic heterocycles. The van der Waals surface area contributed by atoms with Crippen LogP contribution in [0, 0.1) is 6.92 Å². The summed E-state index contributed by atoms with van der Waals surface area (Å²) >= 11 is 0. The number of aromatic nitrogens is 2. The van der Waals surface area contributed by atoms with E-state index >= 15 is 0 Å². The van der Waals surface area contributed by atoms with Crippen molar-refractivity contribution in [3.8, 4) is 0 Å². The number of rotatable bonds is 3. The van der Waals surface area contributed by atoms with Crippen LogP contribution in [0.4, 0.5) is 5.69 Å². The molecule has 0 aliphatic heterocycles. The van der Waals surface area contributed by atoms with E-state index in [1.165, 1.54) is 22.2 Å². The second-order valence-corrected chi connectivity index (χ2v) is 6.00. The lowest BCUT2D eigenvalue weighted by molar-refractivity contribution is 0.593. The zero-order chi connectivity index (χ0) is 13.3. The van der Waals surface area contributed by atoms with E-state index in [1.54, 1.807) is 38.2 Å². The third-order valence-corrected chi connectivity index (χ3v) is 4.62. The first-order valence-electron chi connectivity index (χ1n) is 5.47. The Morgan fingerprint density at radius 1 is 1.22 bits per heavy atom. The van der Waals surface area contributed by atoms with Gasteiger partial charge < -0.3 is 0 Å². The summed E-state index contributed by atoms with van der Waals surface area (Å²) in [6.07, 6.45) is 1.52. The highest BCUT2D eigenvalue weighted by atomic mass is 32.2. The molecule has 0 radical (unpaired) electrons. The zero-order valence-corrected chi connectivity index (χ0v) is 11.3. The van der Waals surface area contributed by atoms with Crippen LogP contribution >= 0.6 is 0 Å². The fourth-order valence-corrected chi connectivity index (χ4v) is 3.15. The van der Waals surface area contributed by atoms with Gasteiger partial charge in [-0.25, -0.2) is 8.42 Å². The summed E-state index contributed by atoms with van der Waals surface area (Å²) in [5.74, 6) is 0. The molecule has 2 aromatic rings. The van der Waals surface area contributed by atoms with E-state index in [4.69, 9.17) is 0 Å². The summed E-state index contributed by atoms with van der Waals surface area (Å²) in [4.78, 5) is 0.233. The smallest absolute Gasteiger partial charge is 0.267 e. The Morgan fingerprint density at radius 3 is 2.33 bits per heavy atom. The highest BCUT2D eigenvalue weighted by Gasteiger charge is 2.25. The Labute approximate surface area is 107 Å². The van der Waals surface area contributed by atoms with Crippen LogP contribution in [0.2, 0.25) is 0 Å². The molecule has 6 heteroatoms. The van der Waals surface area contributed by atoms with Crippen molar-refractivity contribution in [2.24, 2.45) is 7.05 Å². The average Bonchev–Trinajstić information content (AvgIpc) is 2.69. The molecule has 2 rings (SSSR count). The van der Waals surface area contributed by atoms with E-state index in [1.807, 2.05) is 6.07 Å². The summed E-state index contributed by atoms with van der Waals surface area (Å²) in [6.45, 7) is 1.69. The average molecular weight is 265 g/mol. The molecule has 0 fully saturated rings. The van der Waals surface area contributed by atoms with E-state index in [2.05, 4.69) is 5.10 Å². The van der Waals surface area contributed by atoms with Crippen LogP contribution in [0.5, 0.6) is 0 Å². The minimum atomic E-state index is -3.55. The molecule has 0 unspecified atom stereocenters. The van der Waals surface area contributed by atoms with Gasteiger partial charge >= 0.3 is 0 Å². The number of hydrogen-bond acceptors (Lipinski definition) is 3. The number of anilines is 1. The lowest BCUT2D eigenvalue weighted by atomic mass is 10.3. The second-order valence-electron chi connectivity index (χ2n) is 4.06. The van der Waals surface area contributed by atoms with Crippen molar-refractivity contribution in [2.45, 2.75) is 11.8 Å². The van der Waals surface area contributed by atoms with Crippen LogP contribution in [0.1, 0.15) is 5.69 Å². The molecule has 0 bridgehead atoms. The molecule has 0 saturated carbocycles. The maximum atomic E-state index is 12.4. The summed E-state index contributed by atoms with van der Waals surface area (Å²) in [6, 6.07) is 8.96. The van der Waals surface area contributed by atoms with E-state index < -0.39 is 10.0 Å². The van der Waals surface area contributed by atoms with Gasteiger partial charge in [-0.1, -0.05) is 18.2 Å². The first kappa shape index (κ1) is 12.6. The third kappa shape index (κ3) is 2.11. The molecule has 5 nitrogen and oxygen atoms in total. The fraction of sp³-hybridized carbons (Fsp3) is 0.250. The van der Waals surface area contributed by atoms with Crippen molar-refractivity contribution in [1.29, 1.82) is 0 Å². The topological polar surface area (TPSA) is 55.2 Å². The van der Waals surface area contributed by atoms with E-state index in [0.717, 1.165) is 0 Å². The maximum absolute atomic E-state index is 12.4. The largest absolute Gasteiger partial charge is 0.274 e. The summed E-state index contributed by atoms with van der Waals surface area (Å²) in [5, 5.41) is 4.06. The van der Waals surface area contributed by atoms with Crippen molar-refractivity contribution >= 4 is 15.7 Å². The van der Waals surface area contributed by atoms with Gasteiger partial charge in [-0.05, 0) is 19.1 Å². The molecule has 0 aliphatic rings. The van der Waals surface area contributed by atoms with Crippen molar-refractivity contribution < 1.29 is 8.42 Å². The van der Waals surface area contributed by atoms with Crippen molar-refractivity contribution in [1.82, 2.24) is 9.78 Å². The van der Waals surface area contributed by atoms with Crippen LogP contribution in [0.25, 0.3) is 0 Å². The molecular weight excluding hydrogens is 250 g/mol. The van der Waals surface area contributed by atoms with E-state index in [9.17, 15) is 8.42 Å². The number of para-hydroxylation sites is 1.